The molecule has 134 valence electrons. The molecular weight excluding hydrogens is 358 g/mol. The van der Waals surface area contributed by atoms with E-state index in [1.807, 2.05) is 0 Å². The Labute approximate surface area is 143 Å². The monoisotopic (exact) mass is 373 g/mol. The molecule has 25 heavy (non-hydrogen) atoms. The Morgan fingerprint density at radius 3 is 2.12 bits per heavy atom. The predicted octanol–water partition coefficient (Wildman–Crippen LogP) is 4.19. The molecule has 0 radical (unpaired) electrons. The minimum absolute atomic E-state index is 0.252. The first-order valence-corrected chi connectivity index (χ1v) is 8.66. The summed E-state index contributed by atoms with van der Waals surface area (Å²) in [6.45, 7) is -0.977. The number of halogens is 4. The molecule has 0 saturated carbocycles. The zero-order chi connectivity index (χ0) is 18.5. The van der Waals surface area contributed by atoms with Crippen molar-refractivity contribution in [2.24, 2.45) is 0 Å². The summed E-state index contributed by atoms with van der Waals surface area (Å²) in [4.78, 5) is 0. The molecule has 0 spiro atoms. The zero-order valence-electron chi connectivity index (χ0n) is 12.9. The fourth-order valence-electron chi connectivity index (χ4n) is 2.06. The van der Waals surface area contributed by atoms with E-state index in [-0.39, 0.29) is 5.56 Å². The fourth-order valence-corrected chi connectivity index (χ4v) is 2.95. The highest BCUT2D eigenvalue weighted by molar-refractivity contribution is 7.89. The number of hydrogen-bond acceptors (Lipinski definition) is 2. The molecule has 0 saturated heterocycles. The zero-order valence-corrected chi connectivity index (χ0v) is 13.8. The van der Waals surface area contributed by atoms with E-state index in [1.54, 1.807) is 30.3 Å². The van der Waals surface area contributed by atoms with E-state index >= 15 is 0 Å². The summed E-state index contributed by atoms with van der Waals surface area (Å²) in [7, 11) is -5.51. The van der Waals surface area contributed by atoms with Crippen molar-refractivity contribution in [3.8, 4) is 0 Å². The van der Waals surface area contributed by atoms with Crippen LogP contribution in [0.15, 0.2) is 60.7 Å². The van der Waals surface area contributed by atoms with Crippen molar-refractivity contribution in [1.29, 1.82) is 0 Å². The van der Waals surface area contributed by atoms with Crippen molar-refractivity contribution >= 4 is 16.1 Å². The second kappa shape index (κ2) is 7.79. The molecule has 2 rings (SSSR count). The van der Waals surface area contributed by atoms with Crippen molar-refractivity contribution in [3.63, 3.8) is 0 Å². The van der Waals surface area contributed by atoms with Gasteiger partial charge >= 0.3 is 15.5 Å². The minimum Gasteiger partial charge on any atom is -0.207 e. The number of benzene rings is 2. The van der Waals surface area contributed by atoms with Gasteiger partial charge in [0.2, 0.25) is 0 Å². The van der Waals surface area contributed by atoms with Crippen LogP contribution in [0.3, 0.4) is 0 Å². The van der Waals surface area contributed by atoms with Crippen molar-refractivity contribution in [2.45, 2.75) is 12.1 Å². The SMILES string of the molecule is O=S(=O)(N(C/C=C/c1ccccc1)Cc1ccc(F)cc1)C(F)(F)F. The molecule has 0 amide bonds. The first kappa shape index (κ1) is 19.1. The Morgan fingerprint density at radius 2 is 1.56 bits per heavy atom. The second-order valence-electron chi connectivity index (χ2n) is 5.18. The van der Waals surface area contributed by atoms with Gasteiger partial charge in [-0.25, -0.2) is 12.8 Å². The Morgan fingerprint density at radius 1 is 0.960 bits per heavy atom. The summed E-state index contributed by atoms with van der Waals surface area (Å²) in [5, 5.41) is 0. The molecule has 0 bridgehead atoms. The average Bonchev–Trinajstić information content (AvgIpc) is 2.55. The summed E-state index contributed by atoms with van der Waals surface area (Å²) in [6, 6.07) is 13.4. The van der Waals surface area contributed by atoms with Crippen LogP contribution in [0.1, 0.15) is 11.1 Å². The summed E-state index contributed by atoms with van der Waals surface area (Å²) in [6.07, 6.45) is 2.87. The highest BCUT2D eigenvalue weighted by Crippen LogP contribution is 2.28. The maximum Gasteiger partial charge on any atom is 0.511 e. The first-order valence-electron chi connectivity index (χ1n) is 7.22. The van der Waals surface area contributed by atoms with Crippen LogP contribution in [0.2, 0.25) is 0 Å². The van der Waals surface area contributed by atoms with Crippen LogP contribution in [-0.2, 0) is 16.6 Å². The normalized spacial score (nSPS) is 12.8. The Balaban J connectivity index is 2.23. The first-order chi connectivity index (χ1) is 11.7. The number of rotatable bonds is 6. The van der Waals surface area contributed by atoms with Crippen molar-refractivity contribution in [3.05, 3.63) is 77.6 Å². The molecule has 0 heterocycles. The number of nitrogens with zero attached hydrogens (tertiary/aromatic N) is 1. The van der Waals surface area contributed by atoms with Crippen LogP contribution < -0.4 is 0 Å². The van der Waals surface area contributed by atoms with E-state index in [2.05, 4.69) is 0 Å². The van der Waals surface area contributed by atoms with Gasteiger partial charge in [0.25, 0.3) is 0 Å². The van der Waals surface area contributed by atoms with Gasteiger partial charge in [0.05, 0.1) is 0 Å². The number of sulfonamides is 1. The molecule has 0 fully saturated rings. The minimum atomic E-state index is -5.51. The fraction of sp³-hybridized carbons (Fsp3) is 0.176. The molecule has 0 aliphatic carbocycles. The molecule has 0 unspecified atom stereocenters. The van der Waals surface area contributed by atoms with E-state index in [4.69, 9.17) is 0 Å². The third-order valence-corrected chi connectivity index (χ3v) is 4.87. The van der Waals surface area contributed by atoms with Crippen LogP contribution in [0.4, 0.5) is 17.6 Å². The lowest BCUT2D eigenvalue weighted by atomic mass is 10.2. The summed E-state index contributed by atoms with van der Waals surface area (Å²) >= 11 is 0. The van der Waals surface area contributed by atoms with Crippen molar-refractivity contribution < 1.29 is 26.0 Å². The highest BCUT2D eigenvalue weighted by Gasteiger charge is 2.49. The van der Waals surface area contributed by atoms with E-state index < -0.39 is 34.4 Å². The standard InChI is InChI=1S/C17H15F4NO2S/c18-16-10-8-15(9-11-16)13-22(25(23,24)17(19,20)21)12-4-7-14-5-2-1-3-6-14/h1-11H,12-13H2/b7-4+. The van der Waals surface area contributed by atoms with E-state index in [9.17, 15) is 26.0 Å². The molecule has 0 atom stereocenters. The maximum atomic E-state index is 12.9. The van der Waals surface area contributed by atoms with Crippen LogP contribution >= 0.6 is 0 Å². The largest absolute Gasteiger partial charge is 0.511 e. The predicted molar refractivity (Wildman–Crippen MR) is 87.3 cm³/mol. The lowest BCUT2D eigenvalue weighted by Gasteiger charge is -2.22. The van der Waals surface area contributed by atoms with Gasteiger partial charge in [-0.2, -0.15) is 17.5 Å². The quantitative estimate of drug-likeness (QED) is 0.712. The molecule has 3 nitrogen and oxygen atoms in total. The van der Waals surface area contributed by atoms with Crippen molar-refractivity contribution in [1.82, 2.24) is 4.31 Å². The Bertz CT molecular complexity index is 816. The smallest absolute Gasteiger partial charge is 0.207 e. The van der Waals surface area contributed by atoms with Crippen LogP contribution in [0.25, 0.3) is 6.08 Å². The van der Waals surface area contributed by atoms with Gasteiger partial charge in [-0.05, 0) is 23.3 Å². The second-order valence-corrected chi connectivity index (χ2v) is 7.11. The molecule has 2 aromatic carbocycles. The molecule has 0 aromatic heterocycles. The van der Waals surface area contributed by atoms with Crippen LogP contribution in [-0.4, -0.2) is 24.8 Å². The average molecular weight is 373 g/mol. The third kappa shape index (κ3) is 5.14. The summed E-state index contributed by atoms with van der Waals surface area (Å²) in [5.41, 5.74) is -4.43. The van der Waals surface area contributed by atoms with E-state index in [0.717, 1.165) is 17.7 Å². The van der Waals surface area contributed by atoms with Gasteiger partial charge in [-0.1, -0.05) is 54.6 Å². The van der Waals surface area contributed by atoms with Gasteiger partial charge < -0.3 is 0 Å². The molecule has 0 aliphatic heterocycles. The Hall–Kier alpha value is -2.19. The van der Waals surface area contributed by atoms with Crippen LogP contribution in [0, 0.1) is 5.82 Å². The van der Waals surface area contributed by atoms with E-state index in [0.29, 0.717) is 4.31 Å². The molecule has 8 heteroatoms. The molecule has 0 aliphatic rings. The summed E-state index contributed by atoms with van der Waals surface area (Å²) in [5.74, 6) is -0.557. The third-order valence-electron chi connectivity index (χ3n) is 3.32. The van der Waals surface area contributed by atoms with Gasteiger partial charge in [0.15, 0.2) is 0 Å². The van der Waals surface area contributed by atoms with Gasteiger partial charge in [0, 0.05) is 13.1 Å². The lowest BCUT2D eigenvalue weighted by molar-refractivity contribution is -0.0488. The van der Waals surface area contributed by atoms with E-state index in [1.165, 1.54) is 24.3 Å². The van der Waals surface area contributed by atoms with Gasteiger partial charge in [-0.3, -0.25) is 0 Å². The maximum absolute atomic E-state index is 12.9. The Kier molecular flexibility index (Phi) is 5.97. The number of alkyl halides is 3. The van der Waals surface area contributed by atoms with Crippen LogP contribution in [0.5, 0.6) is 0 Å². The molecular formula is C17H15F4NO2S. The van der Waals surface area contributed by atoms with Crippen molar-refractivity contribution in [2.75, 3.05) is 6.54 Å². The molecule has 2 aromatic rings. The lowest BCUT2D eigenvalue weighted by Crippen LogP contribution is -2.40. The highest BCUT2D eigenvalue weighted by atomic mass is 32.2. The van der Waals surface area contributed by atoms with Gasteiger partial charge in [-0.15, -0.1) is 0 Å². The number of hydrogen-bond donors (Lipinski definition) is 0. The van der Waals surface area contributed by atoms with Gasteiger partial charge in [0.1, 0.15) is 5.82 Å². The summed E-state index contributed by atoms with van der Waals surface area (Å²) < 4.78 is 75.4. The topological polar surface area (TPSA) is 37.4 Å². The molecule has 0 N–H and O–H groups in total.